The van der Waals surface area contributed by atoms with E-state index in [4.69, 9.17) is 21.1 Å². The predicted molar refractivity (Wildman–Crippen MR) is 92.3 cm³/mol. The first-order chi connectivity index (χ1) is 11.5. The fraction of sp³-hybridized carbons (Fsp3) is 0.294. The summed E-state index contributed by atoms with van der Waals surface area (Å²) in [5.41, 5.74) is 1.98. The highest BCUT2D eigenvalue weighted by Crippen LogP contribution is 2.35. The standard InChI is InChI=1S/C17H18ClNO4S/c1-22-15-9-12-7-8-19(11-13(12)10-16(15)23-2)24(20,21)17-6-4-3-5-14(17)18/h3-6,9-10H,7-8,11H2,1-2H3. The van der Waals surface area contributed by atoms with Crippen LogP contribution in [0.2, 0.25) is 5.02 Å². The molecule has 1 heterocycles. The summed E-state index contributed by atoms with van der Waals surface area (Å²) in [6, 6.07) is 10.2. The van der Waals surface area contributed by atoms with Crippen LogP contribution >= 0.6 is 11.6 Å². The first kappa shape index (κ1) is 17.1. The highest BCUT2D eigenvalue weighted by molar-refractivity contribution is 7.89. The van der Waals surface area contributed by atoms with Crippen LogP contribution in [0.5, 0.6) is 11.5 Å². The van der Waals surface area contributed by atoms with Gasteiger partial charge in [0.15, 0.2) is 11.5 Å². The Morgan fingerprint density at radius 3 is 2.29 bits per heavy atom. The fourth-order valence-electron chi connectivity index (χ4n) is 2.86. The van der Waals surface area contributed by atoms with Gasteiger partial charge in [-0.05, 0) is 41.8 Å². The summed E-state index contributed by atoms with van der Waals surface area (Å²) in [5.74, 6) is 1.24. The third-order valence-corrected chi connectivity index (χ3v) is 6.48. The third-order valence-electron chi connectivity index (χ3n) is 4.14. The highest BCUT2D eigenvalue weighted by atomic mass is 35.5. The quantitative estimate of drug-likeness (QED) is 0.833. The zero-order valence-corrected chi connectivity index (χ0v) is 15.0. The second-order valence-corrected chi connectivity index (χ2v) is 7.81. The molecule has 128 valence electrons. The molecule has 0 fully saturated rings. The van der Waals surface area contributed by atoms with Gasteiger partial charge in [0.2, 0.25) is 10.0 Å². The van der Waals surface area contributed by atoms with E-state index in [0.717, 1.165) is 11.1 Å². The monoisotopic (exact) mass is 367 g/mol. The summed E-state index contributed by atoms with van der Waals surface area (Å²) in [7, 11) is -0.496. The van der Waals surface area contributed by atoms with Crippen molar-refractivity contribution >= 4 is 21.6 Å². The van der Waals surface area contributed by atoms with Crippen LogP contribution in [0.3, 0.4) is 0 Å². The molecule has 24 heavy (non-hydrogen) atoms. The zero-order valence-electron chi connectivity index (χ0n) is 13.5. The number of nitrogens with zero attached hydrogens (tertiary/aromatic N) is 1. The minimum atomic E-state index is -3.64. The van der Waals surface area contributed by atoms with Gasteiger partial charge in [-0.3, -0.25) is 0 Å². The molecular formula is C17H18ClNO4S. The Morgan fingerprint density at radius 2 is 1.67 bits per heavy atom. The van der Waals surface area contributed by atoms with Crippen molar-refractivity contribution in [2.24, 2.45) is 0 Å². The molecule has 5 nitrogen and oxygen atoms in total. The maximum absolute atomic E-state index is 12.9. The molecule has 0 saturated heterocycles. The number of hydrogen-bond acceptors (Lipinski definition) is 4. The van der Waals surface area contributed by atoms with E-state index in [-0.39, 0.29) is 16.5 Å². The van der Waals surface area contributed by atoms with Crippen LogP contribution in [0.1, 0.15) is 11.1 Å². The number of rotatable bonds is 4. The average molecular weight is 368 g/mol. The van der Waals surface area contributed by atoms with Gasteiger partial charge >= 0.3 is 0 Å². The summed E-state index contributed by atoms with van der Waals surface area (Å²) in [6.07, 6.45) is 0.610. The van der Waals surface area contributed by atoms with Gasteiger partial charge in [-0.2, -0.15) is 4.31 Å². The van der Waals surface area contributed by atoms with Gasteiger partial charge in [-0.25, -0.2) is 8.42 Å². The van der Waals surface area contributed by atoms with Gasteiger partial charge in [-0.1, -0.05) is 23.7 Å². The van der Waals surface area contributed by atoms with Crippen molar-refractivity contribution in [3.63, 3.8) is 0 Å². The normalized spacial score (nSPS) is 15.0. The van der Waals surface area contributed by atoms with Crippen LogP contribution in [-0.2, 0) is 23.0 Å². The van der Waals surface area contributed by atoms with E-state index in [1.165, 1.54) is 10.4 Å². The molecule has 3 rings (SSSR count). The number of fused-ring (bicyclic) bond motifs is 1. The van der Waals surface area contributed by atoms with Gasteiger partial charge in [-0.15, -0.1) is 0 Å². The van der Waals surface area contributed by atoms with Gasteiger partial charge < -0.3 is 9.47 Å². The van der Waals surface area contributed by atoms with E-state index in [2.05, 4.69) is 0 Å². The molecular weight excluding hydrogens is 350 g/mol. The van der Waals surface area contributed by atoms with Crippen LogP contribution in [-0.4, -0.2) is 33.5 Å². The van der Waals surface area contributed by atoms with E-state index in [9.17, 15) is 8.42 Å². The summed E-state index contributed by atoms with van der Waals surface area (Å²) < 4.78 is 37.8. The van der Waals surface area contributed by atoms with Crippen molar-refractivity contribution in [3.05, 3.63) is 52.5 Å². The lowest BCUT2D eigenvalue weighted by Crippen LogP contribution is -2.36. The van der Waals surface area contributed by atoms with Crippen LogP contribution in [0.4, 0.5) is 0 Å². The van der Waals surface area contributed by atoms with Crippen molar-refractivity contribution in [1.82, 2.24) is 4.31 Å². The first-order valence-electron chi connectivity index (χ1n) is 7.46. The molecule has 0 amide bonds. The zero-order chi connectivity index (χ0) is 17.3. The molecule has 2 aromatic rings. The minimum absolute atomic E-state index is 0.135. The van der Waals surface area contributed by atoms with Crippen LogP contribution < -0.4 is 9.47 Å². The summed E-state index contributed by atoms with van der Waals surface area (Å²) >= 11 is 6.07. The Balaban J connectivity index is 1.96. The number of sulfonamides is 1. The number of ether oxygens (including phenoxy) is 2. The van der Waals surface area contributed by atoms with Crippen molar-refractivity contribution in [2.45, 2.75) is 17.9 Å². The Kier molecular flexibility index (Phi) is 4.71. The minimum Gasteiger partial charge on any atom is -0.493 e. The smallest absolute Gasteiger partial charge is 0.244 e. The van der Waals surface area contributed by atoms with E-state index in [1.54, 1.807) is 32.4 Å². The van der Waals surface area contributed by atoms with Crippen LogP contribution in [0.25, 0.3) is 0 Å². The average Bonchev–Trinajstić information content (AvgIpc) is 2.60. The molecule has 7 heteroatoms. The van der Waals surface area contributed by atoms with E-state index >= 15 is 0 Å². The topological polar surface area (TPSA) is 55.8 Å². The maximum atomic E-state index is 12.9. The van der Waals surface area contributed by atoms with Crippen molar-refractivity contribution in [2.75, 3.05) is 20.8 Å². The van der Waals surface area contributed by atoms with Gasteiger partial charge in [0.25, 0.3) is 0 Å². The lowest BCUT2D eigenvalue weighted by molar-refractivity contribution is 0.348. The molecule has 1 aliphatic rings. The lowest BCUT2D eigenvalue weighted by Gasteiger charge is -2.29. The van der Waals surface area contributed by atoms with E-state index < -0.39 is 10.0 Å². The Morgan fingerprint density at radius 1 is 1.04 bits per heavy atom. The molecule has 0 spiro atoms. The van der Waals surface area contributed by atoms with Crippen molar-refractivity contribution < 1.29 is 17.9 Å². The van der Waals surface area contributed by atoms with Gasteiger partial charge in [0, 0.05) is 13.1 Å². The van der Waals surface area contributed by atoms with Gasteiger partial charge in [0.05, 0.1) is 19.2 Å². The molecule has 1 aliphatic heterocycles. The van der Waals surface area contributed by atoms with E-state index in [1.807, 2.05) is 12.1 Å². The van der Waals surface area contributed by atoms with Crippen molar-refractivity contribution in [3.8, 4) is 11.5 Å². The predicted octanol–water partition coefficient (Wildman–Crippen LogP) is 3.10. The largest absolute Gasteiger partial charge is 0.493 e. The summed E-state index contributed by atoms with van der Waals surface area (Å²) in [5, 5.41) is 0.232. The Hall–Kier alpha value is -1.76. The first-order valence-corrected chi connectivity index (χ1v) is 9.27. The molecule has 0 unspecified atom stereocenters. The third kappa shape index (κ3) is 2.97. The molecule has 2 aromatic carbocycles. The number of benzene rings is 2. The molecule has 0 aromatic heterocycles. The van der Waals surface area contributed by atoms with Crippen molar-refractivity contribution in [1.29, 1.82) is 0 Å². The van der Waals surface area contributed by atoms with Crippen LogP contribution in [0, 0.1) is 0 Å². The van der Waals surface area contributed by atoms with E-state index in [0.29, 0.717) is 24.5 Å². The number of hydrogen-bond donors (Lipinski definition) is 0. The number of halogens is 1. The van der Waals surface area contributed by atoms with Gasteiger partial charge in [0.1, 0.15) is 4.90 Å². The molecule has 0 saturated carbocycles. The Bertz CT molecular complexity index is 867. The molecule has 0 bridgehead atoms. The SMILES string of the molecule is COc1cc2c(cc1OC)CN(S(=O)(=O)c1ccccc1Cl)CC2. The highest BCUT2D eigenvalue weighted by Gasteiger charge is 2.30. The summed E-state index contributed by atoms with van der Waals surface area (Å²) in [4.78, 5) is 0.135. The molecule has 0 atom stereocenters. The lowest BCUT2D eigenvalue weighted by atomic mass is 10.0. The molecule has 0 radical (unpaired) electrons. The number of methoxy groups -OCH3 is 2. The fourth-order valence-corrected chi connectivity index (χ4v) is 4.77. The second-order valence-electron chi connectivity index (χ2n) is 5.49. The Labute approximate surface area is 146 Å². The summed E-state index contributed by atoms with van der Waals surface area (Å²) in [6.45, 7) is 0.680. The molecule has 0 aliphatic carbocycles. The molecule has 0 N–H and O–H groups in total. The second kappa shape index (κ2) is 6.63. The van der Waals surface area contributed by atoms with Crippen LogP contribution in [0.15, 0.2) is 41.3 Å². The maximum Gasteiger partial charge on any atom is 0.244 e.